The number of hydrogen-bond acceptors (Lipinski definition) is 3. The molecule has 0 aliphatic carbocycles. The second-order valence-electron chi connectivity index (χ2n) is 4.84. The van der Waals surface area contributed by atoms with Gasteiger partial charge in [-0.3, -0.25) is 0 Å². The van der Waals surface area contributed by atoms with Crippen LogP contribution in [0.1, 0.15) is 17.2 Å². The van der Waals surface area contributed by atoms with E-state index in [1.807, 2.05) is 31.3 Å². The van der Waals surface area contributed by atoms with Crippen molar-refractivity contribution in [3.63, 3.8) is 0 Å². The first-order chi connectivity index (χ1) is 10.1. The monoisotopic (exact) mass is 289 g/mol. The second kappa shape index (κ2) is 7.09. The lowest BCUT2D eigenvalue weighted by Gasteiger charge is -2.18. The highest BCUT2D eigenvalue weighted by Gasteiger charge is 2.10. The van der Waals surface area contributed by atoms with Gasteiger partial charge in [-0.05, 0) is 55.4 Å². The van der Waals surface area contributed by atoms with E-state index in [0.29, 0.717) is 17.9 Å². The number of rotatable bonds is 6. The third-order valence-electron chi connectivity index (χ3n) is 3.41. The Balaban J connectivity index is 2.02. The van der Waals surface area contributed by atoms with E-state index in [4.69, 9.17) is 9.47 Å². The van der Waals surface area contributed by atoms with Crippen molar-refractivity contribution in [1.29, 1.82) is 0 Å². The minimum atomic E-state index is -0.220. The number of methoxy groups -OCH3 is 1. The normalized spacial score (nSPS) is 12.0. The summed E-state index contributed by atoms with van der Waals surface area (Å²) in [5.74, 6) is 1.27. The molecule has 0 aliphatic rings. The molecule has 1 atom stereocenters. The number of hydrogen-bond donors (Lipinski definition) is 1. The number of ether oxygens (including phenoxy) is 2. The van der Waals surface area contributed by atoms with E-state index in [2.05, 4.69) is 5.32 Å². The Bertz CT molecular complexity index is 584. The van der Waals surface area contributed by atoms with Gasteiger partial charge < -0.3 is 14.8 Å². The summed E-state index contributed by atoms with van der Waals surface area (Å²) in [7, 11) is 3.53. The van der Waals surface area contributed by atoms with E-state index >= 15 is 0 Å². The van der Waals surface area contributed by atoms with Crippen LogP contribution in [0, 0.1) is 12.7 Å². The maximum absolute atomic E-state index is 13.2. The Kier molecular flexibility index (Phi) is 5.17. The van der Waals surface area contributed by atoms with Gasteiger partial charge in [0.15, 0.2) is 0 Å². The molecule has 0 radical (unpaired) electrons. The molecule has 0 heterocycles. The van der Waals surface area contributed by atoms with Crippen molar-refractivity contribution >= 4 is 0 Å². The Morgan fingerprint density at radius 3 is 2.33 bits per heavy atom. The molecule has 0 fully saturated rings. The smallest absolute Gasteiger partial charge is 0.126 e. The van der Waals surface area contributed by atoms with E-state index in [1.165, 1.54) is 6.07 Å². The molecule has 0 saturated carbocycles. The van der Waals surface area contributed by atoms with Crippen LogP contribution in [0.3, 0.4) is 0 Å². The van der Waals surface area contributed by atoms with Gasteiger partial charge in [-0.2, -0.15) is 0 Å². The molecule has 0 saturated heterocycles. The molecule has 2 aromatic carbocycles. The molecule has 0 aliphatic heterocycles. The van der Waals surface area contributed by atoms with E-state index in [-0.39, 0.29) is 11.9 Å². The number of nitrogens with one attached hydrogen (secondary N) is 1. The Morgan fingerprint density at radius 1 is 1.10 bits per heavy atom. The molecule has 0 spiro atoms. The lowest BCUT2D eigenvalue weighted by atomic mass is 10.1. The number of aryl methyl sites for hydroxylation is 1. The Labute approximate surface area is 124 Å². The molecular formula is C17H20FNO2. The van der Waals surface area contributed by atoms with Crippen molar-refractivity contribution in [2.24, 2.45) is 0 Å². The van der Waals surface area contributed by atoms with Crippen LogP contribution in [-0.2, 0) is 0 Å². The average Bonchev–Trinajstić information content (AvgIpc) is 2.52. The average molecular weight is 289 g/mol. The highest BCUT2D eigenvalue weighted by atomic mass is 19.1. The third kappa shape index (κ3) is 3.95. The van der Waals surface area contributed by atoms with Gasteiger partial charge in [-0.1, -0.05) is 12.1 Å². The van der Waals surface area contributed by atoms with E-state index in [0.717, 1.165) is 11.3 Å². The van der Waals surface area contributed by atoms with Crippen LogP contribution >= 0.6 is 0 Å². The molecule has 4 heteroatoms. The topological polar surface area (TPSA) is 30.5 Å². The largest absolute Gasteiger partial charge is 0.497 e. The molecule has 1 N–H and O–H groups in total. The second-order valence-corrected chi connectivity index (χ2v) is 4.84. The van der Waals surface area contributed by atoms with Crippen LogP contribution in [0.4, 0.5) is 4.39 Å². The lowest BCUT2D eigenvalue weighted by Crippen LogP contribution is -2.23. The SMILES string of the molecule is CNC(COc1ccc(F)c(C)c1)c1ccc(OC)cc1. The zero-order valence-electron chi connectivity index (χ0n) is 12.5. The fraction of sp³-hybridized carbons (Fsp3) is 0.294. The van der Waals surface area contributed by atoms with Crippen LogP contribution in [-0.4, -0.2) is 20.8 Å². The highest BCUT2D eigenvalue weighted by Crippen LogP contribution is 2.20. The summed E-state index contributed by atoms with van der Waals surface area (Å²) >= 11 is 0. The number of likely N-dealkylation sites (N-methyl/N-ethyl adjacent to an activating group) is 1. The van der Waals surface area contributed by atoms with Gasteiger partial charge in [0.1, 0.15) is 23.9 Å². The molecule has 3 nitrogen and oxygen atoms in total. The van der Waals surface area contributed by atoms with Crippen LogP contribution in [0.15, 0.2) is 42.5 Å². The summed E-state index contributed by atoms with van der Waals surface area (Å²) in [5, 5.41) is 3.21. The molecule has 21 heavy (non-hydrogen) atoms. The van der Waals surface area contributed by atoms with Gasteiger partial charge in [-0.25, -0.2) is 4.39 Å². The first-order valence-corrected chi connectivity index (χ1v) is 6.84. The van der Waals surface area contributed by atoms with Crippen LogP contribution in [0.5, 0.6) is 11.5 Å². The molecule has 2 aromatic rings. The van der Waals surface area contributed by atoms with Crippen molar-refractivity contribution in [1.82, 2.24) is 5.32 Å². The van der Waals surface area contributed by atoms with Gasteiger partial charge >= 0.3 is 0 Å². The van der Waals surface area contributed by atoms with Crippen LogP contribution in [0.25, 0.3) is 0 Å². The summed E-state index contributed by atoms with van der Waals surface area (Å²) in [5.41, 5.74) is 1.69. The van der Waals surface area contributed by atoms with Gasteiger partial charge in [0.2, 0.25) is 0 Å². The molecule has 0 amide bonds. The summed E-state index contributed by atoms with van der Waals surface area (Å²) in [6.45, 7) is 2.19. The maximum atomic E-state index is 13.2. The highest BCUT2D eigenvalue weighted by molar-refractivity contribution is 5.31. The minimum absolute atomic E-state index is 0.0567. The van der Waals surface area contributed by atoms with Crippen molar-refractivity contribution in [2.45, 2.75) is 13.0 Å². The van der Waals surface area contributed by atoms with Crippen molar-refractivity contribution < 1.29 is 13.9 Å². The van der Waals surface area contributed by atoms with E-state index in [1.54, 1.807) is 26.2 Å². The zero-order valence-corrected chi connectivity index (χ0v) is 12.5. The van der Waals surface area contributed by atoms with Gasteiger partial charge in [0.05, 0.1) is 13.2 Å². The molecule has 2 rings (SSSR count). The summed E-state index contributed by atoms with van der Waals surface area (Å²) in [6.07, 6.45) is 0. The summed E-state index contributed by atoms with van der Waals surface area (Å²) < 4.78 is 24.1. The molecular weight excluding hydrogens is 269 g/mol. The first-order valence-electron chi connectivity index (χ1n) is 6.84. The maximum Gasteiger partial charge on any atom is 0.126 e. The van der Waals surface area contributed by atoms with Gasteiger partial charge in [0.25, 0.3) is 0 Å². The first kappa shape index (κ1) is 15.3. The molecule has 1 unspecified atom stereocenters. The predicted octanol–water partition coefficient (Wildman–Crippen LogP) is 3.48. The molecule has 0 bridgehead atoms. The fourth-order valence-electron chi connectivity index (χ4n) is 2.07. The van der Waals surface area contributed by atoms with Gasteiger partial charge in [-0.15, -0.1) is 0 Å². The predicted molar refractivity (Wildman–Crippen MR) is 81.4 cm³/mol. The third-order valence-corrected chi connectivity index (χ3v) is 3.41. The number of halogens is 1. The lowest BCUT2D eigenvalue weighted by molar-refractivity contribution is 0.272. The summed E-state index contributed by atoms with van der Waals surface area (Å²) in [6, 6.07) is 12.7. The quantitative estimate of drug-likeness (QED) is 0.883. The zero-order chi connectivity index (χ0) is 15.2. The summed E-state index contributed by atoms with van der Waals surface area (Å²) in [4.78, 5) is 0. The van der Waals surface area contributed by atoms with Crippen molar-refractivity contribution in [3.05, 3.63) is 59.4 Å². The molecule has 112 valence electrons. The van der Waals surface area contributed by atoms with E-state index < -0.39 is 0 Å². The Hall–Kier alpha value is -2.07. The van der Waals surface area contributed by atoms with Crippen molar-refractivity contribution in [2.75, 3.05) is 20.8 Å². The fourth-order valence-corrected chi connectivity index (χ4v) is 2.07. The molecule has 0 aromatic heterocycles. The minimum Gasteiger partial charge on any atom is -0.497 e. The Morgan fingerprint density at radius 2 is 1.76 bits per heavy atom. The van der Waals surface area contributed by atoms with Crippen LogP contribution < -0.4 is 14.8 Å². The van der Waals surface area contributed by atoms with Crippen LogP contribution in [0.2, 0.25) is 0 Å². The van der Waals surface area contributed by atoms with E-state index in [9.17, 15) is 4.39 Å². The van der Waals surface area contributed by atoms with Gasteiger partial charge in [0, 0.05) is 0 Å². The standard InChI is InChI=1S/C17H20FNO2/c1-12-10-15(8-9-16(12)18)21-11-17(19-2)13-4-6-14(20-3)7-5-13/h4-10,17,19H,11H2,1-3H3. The number of benzene rings is 2. The van der Waals surface area contributed by atoms with Crippen molar-refractivity contribution in [3.8, 4) is 11.5 Å².